The molecule has 1 fully saturated rings. The number of hydrogen-bond donors (Lipinski definition) is 2. The fourth-order valence-electron chi connectivity index (χ4n) is 1.85. The van der Waals surface area contributed by atoms with Crippen LogP contribution in [-0.4, -0.2) is 18.4 Å². The van der Waals surface area contributed by atoms with Gasteiger partial charge in [-0.3, -0.25) is 15.1 Å². The summed E-state index contributed by atoms with van der Waals surface area (Å²) in [5.41, 5.74) is -1.24. The third kappa shape index (κ3) is 2.89. The zero-order valence-electron chi connectivity index (χ0n) is 10.4. The maximum absolute atomic E-state index is 13.3. The van der Waals surface area contributed by atoms with Gasteiger partial charge >= 0.3 is 6.18 Å². The minimum absolute atomic E-state index is 0.101. The summed E-state index contributed by atoms with van der Waals surface area (Å²) in [6.07, 6.45) is -4.67. The molecule has 1 aromatic carbocycles. The van der Waals surface area contributed by atoms with E-state index in [-0.39, 0.29) is 11.5 Å². The van der Waals surface area contributed by atoms with E-state index in [0.29, 0.717) is 12.6 Å². The molecule has 0 bridgehead atoms. The summed E-state index contributed by atoms with van der Waals surface area (Å²) in [7, 11) is 0. The van der Waals surface area contributed by atoms with E-state index in [4.69, 9.17) is 0 Å². The van der Waals surface area contributed by atoms with Gasteiger partial charge in [-0.25, -0.2) is 4.39 Å². The highest BCUT2D eigenvalue weighted by atomic mass is 19.4. The molecule has 1 atom stereocenters. The molecule has 1 aliphatic heterocycles. The number of carbonyl (C=O) groups excluding carboxylic acids is 1. The first-order valence-corrected chi connectivity index (χ1v) is 5.81. The van der Waals surface area contributed by atoms with Crippen LogP contribution in [0.2, 0.25) is 0 Å². The van der Waals surface area contributed by atoms with Gasteiger partial charge in [-0.15, -0.1) is 0 Å². The molecular formula is C12H11F4N3O. The average Bonchev–Trinajstić information content (AvgIpc) is 2.69. The molecule has 0 radical (unpaired) electrons. The molecule has 2 rings (SSSR count). The first kappa shape index (κ1) is 14.3. The van der Waals surface area contributed by atoms with Gasteiger partial charge in [0.1, 0.15) is 11.9 Å². The Morgan fingerprint density at radius 1 is 1.30 bits per heavy atom. The molecule has 1 aliphatic rings. The minimum atomic E-state index is -4.67. The van der Waals surface area contributed by atoms with Crippen molar-refractivity contribution in [2.45, 2.75) is 19.1 Å². The number of guanidine groups is 1. The molecule has 1 unspecified atom stereocenters. The number of aliphatic imine (C=N–C) groups is 1. The highest BCUT2D eigenvalue weighted by Gasteiger charge is 2.35. The van der Waals surface area contributed by atoms with Crippen molar-refractivity contribution < 1.29 is 22.4 Å². The first-order valence-electron chi connectivity index (χ1n) is 5.81. The normalized spacial score (nSPS) is 20.9. The number of amides is 1. The molecule has 0 spiro atoms. The molecule has 8 heteroatoms. The number of rotatable bonds is 2. The molecule has 0 aromatic heterocycles. The van der Waals surface area contributed by atoms with E-state index in [1.54, 1.807) is 6.92 Å². The number of hydrogen-bond acceptors (Lipinski definition) is 2. The number of nitrogens with one attached hydrogen (secondary N) is 2. The molecular weight excluding hydrogens is 278 g/mol. The summed E-state index contributed by atoms with van der Waals surface area (Å²) in [5.74, 6) is -1.46. The largest absolute Gasteiger partial charge is 0.416 e. The van der Waals surface area contributed by atoms with Crippen molar-refractivity contribution in [1.82, 2.24) is 10.6 Å². The Hall–Kier alpha value is -2.12. The molecule has 0 aliphatic carbocycles. The van der Waals surface area contributed by atoms with E-state index < -0.39 is 29.5 Å². The van der Waals surface area contributed by atoms with E-state index in [2.05, 4.69) is 15.6 Å². The predicted molar refractivity (Wildman–Crippen MR) is 63.4 cm³/mol. The molecule has 1 heterocycles. The van der Waals surface area contributed by atoms with E-state index in [9.17, 15) is 22.4 Å². The topological polar surface area (TPSA) is 53.5 Å². The zero-order chi connectivity index (χ0) is 14.9. The number of carbonyl (C=O) groups is 1. The van der Waals surface area contributed by atoms with Crippen LogP contribution in [0.25, 0.3) is 0 Å². The van der Waals surface area contributed by atoms with Crippen molar-refractivity contribution in [2.24, 2.45) is 4.99 Å². The maximum atomic E-state index is 13.3. The summed E-state index contributed by atoms with van der Waals surface area (Å²) >= 11 is 0. The third-order valence-electron chi connectivity index (χ3n) is 2.68. The van der Waals surface area contributed by atoms with Crippen LogP contribution in [-0.2, 0) is 11.0 Å². The molecule has 108 valence electrons. The Bertz CT molecular complexity index is 568. The standard InChI is InChI=1S/C12H11F4N3O/c1-2-17-11-18-9(10(20)19-11)6-3-7(12(14,15)16)5-8(13)4-6/h3-5,9H,2H2,1H3,(H2,17,18,19,20). The minimum Gasteiger partial charge on any atom is -0.340 e. The maximum Gasteiger partial charge on any atom is 0.416 e. The van der Waals surface area contributed by atoms with Gasteiger partial charge in [0, 0.05) is 6.54 Å². The van der Waals surface area contributed by atoms with Crippen molar-refractivity contribution >= 4 is 11.9 Å². The van der Waals surface area contributed by atoms with Gasteiger partial charge in [0.25, 0.3) is 5.91 Å². The highest BCUT2D eigenvalue weighted by molar-refractivity contribution is 6.06. The summed E-state index contributed by atoms with van der Waals surface area (Å²) < 4.78 is 51.1. The van der Waals surface area contributed by atoms with Crippen molar-refractivity contribution in [3.63, 3.8) is 0 Å². The average molecular weight is 289 g/mol. The van der Waals surface area contributed by atoms with E-state index in [1.807, 2.05) is 0 Å². The number of alkyl halides is 3. The first-order chi connectivity index (χ1) is 9.31. The second-order valence-electron chi connectivity index (χ2n) is 4.16. The second kappa shape index (κ2) is 5.10. The molecule has 0 saturated carbocycles. The van der Waals surface area contributed by atoms with Gasteiger partial charge in [0.2, 0.25) is 0 Å². The van der Waals surface area contributed by atoms with E-state index in [1.165, 1.54) is 0 Å². The summed E-state index contributed by atoms with van der Waals surface area (Å²) in [5, 5.41) is 5.00. The Kier molecular flexibility index (Phi) is 3.65. The Morgan fingerprint density at radius 2 is 2.00 bits per heavy atom. The number of nitrogens with zero attached hydrogens (tertiary/aromatic N) is 1. The highest BCUT2D eigenvalue weighted by Crippen LogP contribution is 2.32. The lowest BCUT2D eigenvalue weighted by molar-refractivity contribution is -0.138. The van der Waals surface area contributed by atoms with E-state index in [0.717, 1.165) is 12.1 Å². The fraction of sp³-hybridized carbons (Fsp3) is 0.333. The third-order valence-corrected chi connectivity index (χ3v) is 2.68. The van der Waals surface area contributed by atoms with Crippen LogP contribution in [0.15, 0.2) is 23.2 Å². The van der Waals surface area contributed by atoms with Crippen LogP contribution in [0, 0.1) is 5.82 Å². The monoisotopic (exact) mass is 289 g/mol. The van der Waals surface area contributed by atoms with Crippen LogP contribution in [0.1, 0.15) is 24.1 Å². The second-order valence-corrected chi connectivity index (χ2v) is 4.16. The molecule has 2 N–H and O–H groups in total. The molecule has 4 nitrogen and oxygen atoms in total. The van der Waals surface area contributed by atoms with Gasteiger partial charge in [-0.05, 0) is 30.7 Å². The SMILES string of the molecule is CCN=C1NC(=O)C(c2cc(F)cc(C(F)(F)F)c2)N1. The fourth-order valence-corrected chi connectivity index (χ4v) is 1.85. The summed E-state index contributed by atoms with van der Waals surface area (Å²) in [6.45, 7) is 2.13. The van der Waals surface area contributed by atoms with Crippen molar-refractivity contribution in [1.29, 1.82) is 0 Å². The Labute approximate surface area is 111 Å². The Balaban J connectivity index is 2.36. The van der Waals surface area contributed by atoms with Crippen LogP contribution < -0.4 is 10.6 Å². The van der Waals surface area contributed by atoms with Gasteiger partial charge in [-0.1, -0.05) is 0 Å². The van der Waals surface area contributed by atoms with Gasteiger partial charge < -0.3 is 5.32 Å². The molecule has 1 aromatic rings. The lowest BCUT2D eigenvalue weighted by Gasteiger charge is -2.12. The van der Waals surface area contributed by atoms with Crippen molar-refractivity contribution in [3.8, 4) is 0 Å². The van der Waals surface area contributed by atoms with Crippen LogP contribution >= 0.6 is 0 Å². The van der Waals surface area contributed by atoms with Gasteiger partial charge in [0.05, 0.1) is 5.56 Å². The van der Waals surface area contributed by atoms with Crippen LogP contribution in [0.4, 0.5) is 17.6 Å². The van der Waals surface area contributed by atoms with Crippen LogP contribution in [0.3, 0.4) is 0 Å². The molecule has 1 amide bonds. The quantitative estimate of drug-likeness (QED) is 0.818. The summed E-state index contributed by atoms with van der Waals surface area (Å²) in [4.78, 5) is 15.6. The lowest BCUT2D eigenvalue weighted by Crippen LogP contribution is -2.25. The smallest absolute Gasteiger partial charge is 0.340 e. The molecule has 20 heavy (non-hydrogen) atoms. The predicted octanol–water partition coefficient (Wildman–Crippen LogP) is 1.98. The van der Waals surface area contributed by atoms with Gasteiger partial charge in [-0.2, -0.15) is 13.2 Å². The van der Waals surface area contributed by atoms with Crippen molar-refractivity contribution in [2.75, 3.05) is 6.54 Å². The Morgan fingerprint density at radius 3 is 2.60 bits per heavy atom. The van der Waals surface area contributed by atoms with Crippen LogP contribution in [0.5, 0.6) is 0 Å². The molecule has 1 saturated heterocycles. The van der Waals surface area contributed by atoms with Gasteiger partial charge in [0.15, 0.2) is 5.96 Å². The van der Waals surface area contributed by atoms with Crippen molar-refractivity contribution in [3.05, 3.63) is 35.1 Å². The van der Waals surface area contributed by atoms with E-state index >= 15 is 0 Å². The summed E-state index contributed by atoms with van der Waals surface area (Å²) in [6, 6.07) is 0.936. The number of halogens is 4. The zero-order valence-corrected chi connectivity index (χ0v) is 10.4. The number of benzene rings is 1. The lowest BCUT2D eigenvalue weighted by atomic mass is 10.0.